The van der Waals surface area contributed by atoms with Crippen molar-refractivity contribution in [2.24, 2.45) is 0 Å². The minimum Gasteiger partial charge on any atom is -0.378 e. The molecule has 1 saturated heterocycles. The number of carbonyl (C=O) groups excluding carboxylic acids is 1. The molecular formula is C18H20N2O2. The average Bonchev–Trinajstić information content (AvgIpc) is 3.05. The van der Waals surface area contributed by atoms with E-state index in [2.05, 4.69) is 0 Å². The Morgan fingerprint density at radius 3 is 2.64 bits per heavy atom. The molecule has 0 N–H and O–H groups in total. The maximum absolute atomic E-state index is 12.6. The fourth-order valence-corrected chi connectivity index (χ4v) is 2.60. The van der Waals surface area contributed by atoms with E-state index in [0.717, 1.165) is 11.3 Å². The van der Waals surface area contributed by atoms with Gasteiger partial charge in [0.05, 0.1) is 6.54 Å². The van der Waals surface area contributed by atoms with Gasteiger partial charge in [-0.25, -0.2) is 0 Å². The molecular weight excluding hydrogens is 276 g/mol. The summed E-state index contributed by atoms with van der Waals surface area (Å²) in [5, 5.41) is 0. The van der Waals surface area contributed by atoms with Gasteiger partial charge in [-0.1, -0.05) is 36.4 Å². The molecule has 0 saturated carbocycles. The summed E-state index contributed by atoms with van der Waals surface area (Å²) in [6.45, 7) is 0.930. The lowest BCUT2D eigenvalue weighted by molar-refractivity contribution is 0.0630. The highest BCUT2D eigenvalue weighted by atomic mass is 16.5. The molecule has 2 aromatic carbocycles. The molecule has 0 aliphatic carbocycles. The highest BCUT2D eigenvalue weighted by Gasteiger charge is 2.28. The van der Waals surface area contributed by atoms with E-state index >= 15 is 0 Å². The van der Waals surface area contributed by atoms with Gasteiger partial charge in [-0.05, 0) is 23.8 Å². The lowest BCUT2D eigenvalue weighted by Gasteiger charge is -2.17. The zero-order valence-corrected chi connectivity index (χ0v) is 12.9. The Morgan fingerprint density at radius 2 is 1.91 bits per heavy atom. The van der Waals surface area contributed by atoms with E-state index in [0.29, 0.717) is 18.8 Å². The van der Waals surface area contributed by atoms with Crippen molar-refractivity contribution >= 4 is 11.6 Å². The Labute approximate surface area is 130 Å². The van der Waals surface area contributed by atoms with Gasteiger partial charge in [0.25, 0.3) is 5.91 Å². The number of hydrogen-bond donors (Lipinski definition) is 0. The van der Waals surface area contributed by atoms with Crippen LogP contribution < -0.4 is 4.90 Å². The highest BCUT2D eigenvalue weighted by Crippen LogP contribution is 2.26. The van der Waals surface area contributed by atoms with Crippen LogP contribution in [0.1, 0.15) is 22.0 Å². The summed E-state index contributed by atoms with van der Waals surface area (Å²) in [6, 6.07) is 17.7. The van der Waals surface area contributed by atoms with Crippen LogP contribution in [0.5, 0.6) is 0 Å². The molecule has 4 heteroatoms. The Hall–Kier alpha value is -2.33. The number of amides is 1. The topological polar surface area (TPSA) is 32.8 Å². The zero-order valence-electron chi connectivity index (χ0n) is 12.9. The number of anilines is 1. The molecule has 1 atom stereocenters. The van der Waals surface area contributed by atoms with Crippen molar-refractivity contribution < 1.29 is 9.53 Å². The largest absolute Gasteiger partial charge is 0.378 e. The molecule has 4 nitrogen and oxygen atoms in total. The van der Waals surface area contributed by atoms with E-state index in [9.17, 15) is 4.79 Å². The second kappa shape index (κ2) is 6.20. The molecule has 0 aromatic heterocycles. The summed E-state index contributed by atoms with van der Waals surface area (Å²) in [5.41, 5.74) is 2.83. The fraction of sp³-hybridized carbons (Fsp3) is 0.278. The monoisotopic (exact) mass is 296 g/mol. The molecule has 1 amide bonds. The zero-order chi connectivity index (χ0) is 15.5. The normalized spacial score (nSPS) is 17.5. The third-order valence-electron chi connectivity index (χ3n) is 3.89. The number of carbonyl (C=O) groups is 1. The highest BCUT2D eigenvalue weighted by molar-refractivity contribution is 5.95. The smallest absolute Gasteiger partial charge is 0.255 e. The van der Waals surface area contributed by atoms with Gasteiger partial charge in [0.2, 0.25) is 0 Å². The van der Waals surface area contributed by atoms with Gasteiger partial charge >= 0.3 is 0 Å². The third kappa shape index (κ3) is 2.97. The summed E-state index contributed by atoms with van der Waals surface area (Å²) in [4.78, 5) is 16.4. The first kappa shape index (κ1) is 14.6. The van der Waals surface area contributed by atoms with Gasteiger partial charge in [-0.3, -0.25) is 4.79 Å². The van der Waals surface area contributed by atoms with Crippen molar-refractivity contribution in [2.45, 2.75) is 6.10 Å². The van der Waals surface area contributed by atoms with Crippen LogP contribution in [0.25, 0.3) is 0 Å². The first-order valence-corrected chi connectivity index (χ1v) is 7.38. The van der Waals surface area contributed by atoms with Crippen LogP contribution in [0.2, 0.25) is 0 Å². The second-order valence-electron chi connectivity index (χ2n) is 5.67. The van der Waals surface area contributed by atoms with E-state index < -0.39 is 0 Å². The summed E-state index contributed by atoms with van der Waals surface area (Å²) >= 11 is 0. The van der Waals surface area contributed by atoms with Crippen molar-refractivity contribution in [1.29, 1.82) is 0 Å². The van der Waals surface area contributed by atoms with E-state index in [1.807, 2.05) is 73.6 Å². The van der Waals surface area contributed by atoms with E-state index in [1.165, 1.54) is 0 Å². The number of ether oxygens (including phenoxy) is 1. The Kier molecular flexibility index (Phi) is 4.11. The molecule has 0 bridgehead atoms. The van der Waals surface area contributed by atoms with Crippen LogP contribution in [0, 0.1) is 0 Å². The molecule has 22 heavy (non-hydrogen) atoms. The standard InChI is InChI=1S/C18H20N2O2/c1-19(2)16-10-6-9-15(11-16)18(21)20-12-17(22-13-20)14-7-4-3-5-8-14/h3-11,17H,12-13H2,1-2H3. The molecule has 0 spiro atoms. The van der Waals surface area contributed by atoms with Crippen molar-refractivity contribution in [1.82, 2.24) is 4.90 Å². The Bertz CT molecular complexity index is 655. The quantitative estimate of drug-likeness (QED) is 0.873. The summed E-state index contributed by atoms with van der Waals surface area (Å²) < 4.78 is 5.77. The molecule has 1 fully saturated rings. The van der Waals surface area contributed by atoms with Crippen molar-refractivity contribution in [3.05, 3.63) is 65.7 Å². The molecule has 114 valence electrons. The van der Waals surface area contributed by atoms with Gasteiger partial charge in [-0.2, -0.15) is 0 Å². The Morgan fingerprint density at radius 1 is 1.14 bits per heavy atom. The van der Waals surface area contributed by atoms with E-state index in [4.69, 9.17) is 4.74 Å². The molecule has 1 heterocycles. The minimum absolute atomic E-state index is 0.0159. The van der Waals surface area contributed by atoms with Crippen LogP contribution in [-0.2, 0) is 4.74 Å². The maximum atomic E-state index is 12.6. The number of rotatable bonds is 3. The van der Waals surface area contributed by atoms with Gasteiger partial charge < -0.3 is 14.5 Å². The molecule has 2 aromatic rings. The SMILES string of the molecule is CN(C)c1cccc(C(=O)N2COC(c3ccccc3)C2)c1. The first-order valence-electron chi connectivity index (χ1n) is 7.38. The fourth-order valence-electron chi connectivity index (χ4n) is 2.60. The third-order valence-corrected chi connectivity index (χ3v) is 3.89. The number of hydrogen-bond acceptors (Lipinski definition) is 3. The van der Waals surface area contributed by atoms with Crippen LogP contribution in [-0.4, -0.2) is 38.2 Å². The number of benzene rings is 2. The molecule has 1 unspecified atom stereocenters. The van der Waals surface area contributed by atoms with Crippen LogP contribution in [0.15, 0.2) is 54.6 Å². The van der Waals surface area contributed by atoms with E-state index in [1.54, 1.807) is 4.90 Å². The molecule has 3 rings (SSSR count). The summed E-state index contributed by atoms with van der Waals surface area (Å²) in [6.07, 6.45) is -0.0396. The van der Waals surface area contributed by atoms with E-state index in [-0.39, 0.29) is 12.0 Å². The summed E-state index contributed by atoms with van der Waals surface area (Å²) in [5.74, 6) is 0.0159. The lowest BCUT2D eigenvalue weighted by Crippen LogP contribution is -2.28. The predicted octanol–water partition coefficient (Wildman–Crippen LogP) is 2.92. The second-order valence-corrected chi connectivity index (χ2v) is 5.67. The molecule has 0 radical (unpaired) electrons. The number of nitrogens with zero attached hydrogens (tertiary/aromatic N) is 2. The minimum atomic E-state index is -0.0396. The van der Waals surface area contributed by atoms with Crippen molar-refractivity contribution in [2.75, 3.05) is 32.3 Å². The van der Waals surface area contributed by atoms with Crippen molar-refractivity contribution in [3.63, 3.8) is 0 Å². The van der Waals surface area contributed by atoms with Gasteiger partial charge in [0.15, 0.2) is 0 Å². The van der Waals surface area contributed by atoms with Gasteiger partial charge in [-0.15, -0.1) is 0 Å². The van der Waals surface area contributed by atoms with Crippen LogP contribution in [0.3, 0.4) is 0 Å². The average molecular weight is 296 g/mol. The molecule has 1 aliphatic rings. The van der Waals surface area contributed by atoms with Crippen LogP contribution in [0.4, 0.5) is 5.69 Å². The lowest BCUT2D eigenvalue weighted by atomic mass is 10.1. The summed E-state index contributed by atoms with van der Waals surface area (Å²) in [7, 11) is 3.93. The van der Waals surface area contributed by atoms with Gasteiger partial charge in [0, 0.05) is 25.3 Å². The van der Waals surface area contributed by atoms with Crippen molar-refractivity contribution in [3.8, 4) is 0 Å². The van der Waals surface area contributed by atoms with Crippen LogP contribution >= 0.6 is 0 Å². The maximum Gasteiger partial charge on any atom is 0.255 e. The molecule has 1 aliphatic heterocycles. The van der Waals surface area contributed by atoms with Gasteiger partial charge in [0.1, 0.15) is 12.8 Å². The first-order chi connectivity index (χ1) is 10.6. The Balaban J connectivity index is 1.73. The predicted molar refractivity (Wildman–Crippen MR) is 86.9 cm³/mol.